The summed E-state index contributed by atoms with van der Waals surface area (Å²) in [6.07, 6.45) is 30.7. The van der Waals surface area contributed by atoms with E-state index >= 15 is 0 Å². The Morgan fingerprint density at radius 1 is 0.571 bits per heavy atom. The van der Waals surface area contributed by atoms with E-state index in [0.29, 0.717) is 6.04 Å². The molecule has 1 N–H and O–H groups in total. The Morgan fingerprint density at radius 3 is 1.33 bits per heavy atom. The molecular formula is C37H72ClNO2Si. The van der Waals surface area contributed by atoms with Crippen molar-refractivity contribution < 1.29 is 26.2 Å². The van der Waals surface area contributed by atoms with Crippen molar-refractivity contribution in [2.75, 3.05) is 27.3 Å². The summed E-state index contributed by atoms with van der Waals surface area (Å²) in [6.45, 7) is 9.46. The van der Waals surface area contributed by atoms with Crippen LogP contribution in [0.1, 0.15) is 167 Å². The molecule has 0 heterocycles. The molecular weight excluding hydrogens is 554 g/mol. The van der Waals surface area contributed by atoms with Gasteiger partial charge in [0.2, 0.25) is 0 Å². The van der Waals surface area contributed by atoms with Crippen LogP contribution >= 0.6 is 0 Å². The molecule has 42 heavy (non-hydrogen) atoms. The average Bonchev–Trinajstić information content (AvgIpc) is 3.00. The van der Waals surface area contributed by atoms with E-state index in [2.05, 4.69) is 50.7 Å². The number of quaternary nitrogens is 1. The fraction of sp³-hybridized carbons (Fsp3) is 0.838. The minimum atomic E-state index is -2.02. The molecule has 5 heteroatoms. The summed E-state index contributed by atoms with van der Waals surface area (Å²) < 4.78 is 11.6. The Balaban J connectivity index is 0.0000168. The molecule has 0 spiro atoms. The highest BCUT2D eigenvalue weighted by Gasteiger charge is 2.30. The quantitative estimate of drug-likeness (QED) is 0.0703. The van der Waals surface area contributed by atoms with Crippen LogP contribution < -0.4 is 17.3 Å². The standard InChI is InChI=1S/C37H71NO2Si.ClH/c1-6-8-10-12-14-16-18-20-22-27-33-38(34-28-23-21-19-17-15-13-11-9-7-2)37(36-30-25-24-26-31-36)32-29-35-41(5,39-3)40-4;/h24-26,30-31,37H,6-23,27-29,32-35H2,1-5H3;1H. The number of nitrogens with one attached hydrogen (secondary N) is 1. The van der Waals surface area contributed by atoms with Crippen molar-refractivity contribution in [1.82, 2.24) is 0 Å². The van der Waals surface area contributed by atoms with Gasteiger partial charge in [-0.2, -0.15) is 0 Å². The Bertz CT molecular complexity index is 649. The zero-order chi connectivity index (χ0) is 29.9. The molecule has 0 aromatic heterocycles. The molecule has 0 aliphatic heterocycles. The number of hydrogen-bond acceptors (Lipinski definition) is 2. The van der Waals surface area contributed by atoms with E-state index in [1.54, 1.807) is 0 Å². The molecule has 1 atom stereocenters. The summed E-state index contributed by atoms with van der Waals surface area (Å²) in [5, 5.41) is 0. The number of unbranched alkanes of at least 4 members (excludes halogenated alkanes) is 18. The van der Waals surface area contributed by atoms with Crippen LogP contribution in [0.5, 0.6) is 0 Å². The van der Waals surface area contributed by atoms with Crippen LogP contribution in [-0.2, 0) is 8.85 Å². The molecule has 1 aromatic rings. The SMILES string of the molecule is CCCCCCCCCCCC[NH+](CCCCCCCCCCCC)C(CCC[Si](C)(OC)OC)c1ccccc1.[Cl-]. The predicted molar refractivity (Wildman–Crippen MR) is 183 cm³/mol. The van der Waals surface area contributed by atoms with E-state index in [9.17, 15) is 0 Å². The Morgan fingerprint density at radius 2 is 0.952 bits per heavy atom. The third-order valence-corrected chi connectivity index (χ3v) is 12.4. The van der Waals surface area contributed by atoms with Crippen molar-refractivity contribution in [2.24, 2.45) is 0 Å². The van der Waals surface area contributed by atoms with Gasteiger partial charge in [0.15, 0.2) is 0 Å². The highest BCUT2D eigenvalue weighted by atomic mass is 35.5. The van der Waals surface area contributed by atoms with E-state index in [1.165, 1.54) is 160 Å². The van der Waals surface area contributed by atoms with E-state index < -0.39 is 8.56 Å². The van der Waals surface area contributed by atoms with Gasteiger partial charge in [-0.15, -0.1) is 0 Å². The highest BCUT2D eigenvalue weighted by Crippen LogP contribution is 2.22. The van der Waals surface area contributed by atoms with E-state index in [4.69, 9.17) is 8.85 Å². The first-order valence-corrected chi connectivity index (χ1v) is 20.6. The maximum Gasteiger partial charge on any atom is 0.334 e. The first kappa shape index (κ1) is 41.6. The first-order chi connectivity index (χ1) is 20.1. The van der Waals surface area contributed by atoms with Crippen molar-refractivity contribution in [2.45, 2.75) is 174 Å². The molecule has 3 nitrogen and oxygen atoms in total. The second-order valence-corrected chi connectivity index (χ2v) is 16.5. The topological polar surface area (TPSA) is 22.9 Å². The summed E-state index contributed by atoms with van der Waals surface area (Å²) in [5.41, 5.74) is 1.53. The summed E-state index contributed by atoms with van der Waals surface area (Å²) in [7, 11) is 1.64. The van der Waals surface area contributed by atoms with E-state index in [1.807, 2.05) is 19.1 Å². The lowest BCUT2D eigenvalue weighted by Crippen LogP contribution is -3.12. The number of hydrogen-bond donors (Lipinski definition) is 1. The van der Waals surface area contributed by atoms with Crippen LogP contribution in [0.3, 0.4) is 0 Å². The van der Waals surface area contributed by atoms with Crippen molar-refractivity contribution in [1.29, 1.82) is 0 Å². The van der Waals surface area contributed by atoms with Crippen molar-refractivity contribution in [3.8, 4) is 0 Å². The largest absolute Gasteiger partial charge is 1.00 e. The van der Waals surface area contributed by atoms with Gasteiger partial charge in [0.1, 0.15) is 6.04 Å². The molecule has 0 aliphatic carbocycles. The van der Waals surface area contributed by atoms with Crippen LogP contribution in [0, 0.1) is 0 Å². The van der Waals surface area contributed by atoms with Crippen LogP contribution in [0.4, 0.5) is 0 Å². The van der Waals surface area contributed by atoms with Gasteiger partial charge in [0.05, 0.1) is 13.1 Å². The zero-order valence-electron chi connectivity index (χ0n) is 28.8. The Labute approximate surface area is 271 Å². The summed E-state index contributed by atoms with van der Waals surface area (Å²) in [5.74, 6) is 0. The van der Waals surface area contributed by atoms with Crippen molar-refractivity contribution in [3.05, 3.63) is 35.9 Å². The van der Waals surface area contributed by atoms with Gasteiger partial charge in [0, 0.05) is 26.2 Å². The molecule has 248 valence electrons. The van der Waals surface area contributed by atoms with Crippen molar-refractivity contribution >= 4 is 8.56 Å². The maximum absolute atomic E-state index is 5.82. The lowest BCUT2D eigenvalue weighted by Gasteiger charge is -2.30. The third kappa shape index (κ3) is 21.3. The maximum atomic E-state index is 5.82. The fourth-order valence-electron chi connectivity index (χ4n) is 6.36. The average molecular weight is 627 g/mol. The van der Waals surface area contributed by atoms with Gasteiger partial charge in [-0.05, 0) is 44.7 Å². The van der Waals surface area contributed by atoms with Gasteiger partial charge >= 0.3 is 8.56 Å². The smallest absolute Gasteiger partial charge is 0.334 e. The minimum Gasteiger partial charge on any atom is -1.00 e. The van der Waals surface area contributed by atoms with E-state index in [0.717, 1.165) is 6.04 Å². The molecule has 0 radical (unpaired) electrons. The molecule has 0 aliphatic rings. The Hall–Kier alpha value is -0.393. The van der Waals surface area contributed by atoms with Gasteiger partial charge in [-0.25, -0.2) is 0 Å². The predicted octanol–water partition coefficient (Wildman–Crippen LogP) is 7.60. The molecule has 0 saturated carbocycles. The second kappa shape index (κ2) is 29.3. The minimum absolute atomic E-state index is 0. The number of benzene rings is 1. The fourth-order valence-corrected chi connectivity index (χ4v) is 7.78. The number of halogens is 1. The molecule has 0 saturated heterocycles. The molecule has 1 aromatic carbocycles. The van der Waals surface area contributed by atoms with Gasteiger partial charge < -0.3 is 26.2 Å². The lowest BCUT2D eigenvalue weighted by atomic mass is 9.99. The van der Waals surface area contributed by atoms with Crippen LogP contribution in [-0.4, -0.2) is 35.9 Å². The normalized spacial score (nSPS) is 12.5. The van der Waals surface area contributed by atoms with E-state index in [-0.39, 0.29) is 12.4 Å². The third-order valence-electron chi connectivity index (χ3n) is 9.38. The zero-order valence-corrected chi connectivity index (χ0v) is 30.6. The van der Waals surface area contributed by atoms with Gasteiger partial charge in [0.25, 0.3) is 0 Å². The summed E-state index contributed by atoms with van der Waals surface area (Å²) in [6, 6.07) is 13.1. The lowest BCUT2D eigenvalue weighted by molar-refractivity contribution is -0.932. The Kier molecular flexibility index (Phi) is 29.1. The molecule has 0 fully saturated rings. The molecule has 1 unspecified atom stereocenters. The second-order valence-electron chi connectivity index (χ2n) is 12.9. The highest BCUT2D eigenvalue weighted by molar-refractivity contribution is 6.65. The monoisotopic (exact) mass is 626 g/mol. The van der Waals surface area contributed by atoms with Crippen LogP contribution in [0.25, 0.3) is 0 Å². The van der Waals surface area contributed by atoms with Crippen molar-refractivity contribution in [3.63, 3.8) is 0 Å². The number of rotatable bonds is 30. The molecule has 0 amide bonds. The first-order valence-electron chi connectivity index (χ1n) is 18.1. The van der Waals surface area contributed by atoms with Gasteiger partial charge in [-0.1, -0.05) is 147 Å². The van der Waals surface area contributed by atoms with Crippen LogP contribution in [0.2, 0.25) is 12.6 Å². The summed E-state index contributed by atoms with van der Waals surface area (Å²) in [4.78, 5) is 1.83. The van der Waals surface area contributed by atoms with Gasteiger partial charge in [-0.3, -0.25) is 0 Å². The summed E-state index contributed by atoms with van der Waals surface area (Å²) >= 11 is 0. The van der Waals surface area contributed by atoms with Crippen LogP contribution in [0.15, 0.2) is 30.3 Å². The molecule has 1 rings (SSSR count). The molecule has 0 bridgehead atoms.